The van der Waals surface area contributed by atoms with Crippen LogP contribution in [0.4, 0.5) is 26.3 Å². The van der Waals surface area contributed by atoms with Crippen LogP contribution in [0, 0.1) is 35.1 Å². The predicted octanol–water partition coefficient (Wildman–Crippen LogP) is 10.5. The Morgan fingerprint density at radius 3 is 1.68 bits per heavy atom. The minimum Gasteiger partial charge on any atom is -0.251 e. The van der Waals surface area contributed by atoms with Gasteiger partial charge in [-0.2, -0.15) is 0 Å². The fourth-order valence-electron chi connectivity index (χ4n) is 6.37. The molecule has 2 fully saturated rings. The van der Waals surface area contributed by atoms with Gasteiger partial charge in [0, 0.05) is 17.5 Å². The van der Waals surface area contributed by atoms with E-state index in [2.05, 4.69) is 6.92 Å². The number of benzene rings is 2. The van der Waals surface area contributed by atoms with Gasteiger partial charge >= 0.3 is 0 Å². The molecule has 2 aromatic rings. The SMILES string of the molecule is CCCC1CCC(c2ccc(-c3ccc(C4CCC(C=C(F)CCF)CC4)c(F)c3F)c(F)c2F)CC1. The van der Waals surface area contributed by atoms with Crippen molar-refractivity contribution in [2.75, 3.05) is 6.67 Å². The standard InChI is InChI=1S/C31H36F6/c1-2-3-19-4-8-21(9-5-19)24-12-14-26(30(36)28(24)34)27-15-13-25(29(35)31(27)37)22-10-6-20(7-11-22)18-23(33)16-17-32/h12-15,18-22H,2-11,16-17H2,1H3. The zero-order valence-electron chi connectivity index (χ0n) is 21.4. The number of hydrogen-bond acceptors (Lipinski definition) is 0. The Hall–Kier alpha value is -2.24. The summed E-state index contributed by atoms with van der Waals surface area (Å²) in [6, 6.07) is 5.68. The van der Waals surface area contributed by atoms with Crippen molar-refractivity contribution in [3.8, 4) is 11.1 Å². The molecule has 0 spiro atoms. The molecule has 2 aliphatic rings. The zero-order valence-corrected chi connectivity index (χ0v) is 21.4. The first kappa shape index (κ1) is 27.8. The highest BCUT2D eigenvalue weighted by molar-refractivity contribution is 5.66. The molecule has 2 saturated carbocycles. The van der Waals surface area contributed by atoms with Crippen LogP contribution in [-0.4, -0.2) is 6.67 Å². The monoisotopic (exact) mass is 522 g/mol. The van der Waals surface area contributed by atoms with Gasteiger partial charge in [0.1, 0.15) is 0 Å². The van der Waals surface area contributed by atoms with Gasteiger partial charge in [0.25, 0.3) is 0 Å². The minimum absolute atomic E-state index is 0.0488. The van der Waals surface area contributed by atoms with Crippen LogP contribution in [0.15, 0.2) is 36.2 Å². The smallest absolute Gasteiger partial charge is 0.167 e. The highest BCUT2D eigenvalue weighted by Gasteiger charge is 2.29. The first-order chi connectivity index (χ1) is 17.8. The molecule has 37 heavy (non-hydrogen) atoms. The number of hydrogen-bond donors (Lipinski definition) is 0. The van der Waals surface area contributed by atoms with Gasteiger partial charge in [-0.15, -0.1) is 0 Å². The molecular formula is C31H36F6. The molecule has 0 atom stereocenters. The summed E-state index contributed by atoms with van der Waals surface area (Å²) in [5.41, 5.74) is -0.0430. The van der Waals surface area contributed by atoms with Crippen molar-refractivity contribution in [2.45, 2.75) is 89.4 Å². The van der Waals surface area contributed by atoms with E-state index >= 15 is 17.6 Å². The van der Waals surface area contributed by atoms with Crippen LogP contribution in [0.2, 0.25) is 0 Å². The first-order valence-electron chi connectivity index (χ1n) is 13.7. The van der Waals surface area contributed by atoms with E-state index in [-0.39, 0.29) is 40.9 Å². The van der Waals surface area contributed by atoms with Gasteiger partial charge in [-0.25, -0.2) is 22.0 Å². The summed E-state index contributed by atoms with van der Waals surface area (Å²) in [5, 5.41) is 0. The molecule has 0 bridgehead atoms. The Morgan fingerprint density at radius 1 is 0.730 bits per heavy atom. The van der Waals surface area contributed by atoms with Crippen LogP contribution in [0.25, 0.3) is 11.1 Å². The Balaban J connectivity index is 1.49. The summed E-state index contributed by atoms with van der Waals surface area (Å²) < 4.78 is 86.5. The summed E-state index contributed by atoms with van der Waals surface area (Å²) in [5.74, 6) is -4.52. The van der Waals surface area contributed by atoms with E-state index in [1.54, 1.807) is 0 Å². The van der Waals surface area contributed by atoms with Crippen molar-refractivity contribution >= 4 is 0 Å². The second-order valence-corrected chi connectivity index (χ2v) is 10.8. The van der Waals surface area contributed by atoms with E-state index < -0.39 is 35.8 Å². The molecule has 0 N–H and O–H groups in total. The Bertz CT molecular complexity index is 1090. The maximum Gasteiger partial charge on any atom is 0.167 e. The molecule has 0 heterocycles. The molecule has 0 nitrogen and oxygen atoms in total. The van der Waals surface area contributed by atoms with E-state index in [1.807, 2.05) is 0 Å². The third-order valence-corrected chi connectivity index (χ3v) is 8.46. The normalized spacial score (nSPS) is 24.9. The third kappa shape index (κ3) is 6.26. The summed E-state index contributed by atoms with van der Waals surface area (Å²) in [6.07, 6.45) is 9.33. The van der Waals surface area contributed by atoms with Gasteiger partial charge in [-0.3, -0.25) is 4.39 Å². The van der Waals surface area contributed by atoms with Gasteiger partial charge in [0.15, 0.2) is 23.3 Å². The molecule has 0 aromatic heterocycles. The molecule has 0 radical (unpaired) electrons. The molecule has 2 aromatic carbocycles. The molecule has 0 amide bonds. The highest BCUT2D eigenvalue weighted by atomic mass is 19.2. The summed E-state index contributed by atoms with van der Waals surface area (Å²) >= 11 is 0. The summed E-state index contributed by atoms with van der Waals surface area (Å²) in [6.45, 7) is 1.40. The van der Waals surface area contributed by atoms with Gasteiger partial charge in [-0.05, 0) is 92.2 Å². The third-order valence-electron chi connectivity index (χ3n) is 8.46. The number of halogens is 6. The van der Waals surface area contributed by atoms with E-state index in [4.69, 9.17) is 0 Å². The number of allylic oxidation sites excluding steroid dienone is 2. The van der Waals surface area contributed by atoms with Crippen LogP contribution < -0.4 is 0 Å². The van der Waals surface area contributed by atoms with Gasteiger partial charge in [-0.1, -0.05) is 44.0 Å². The fraction of sp³-hybridized carbons (Fsp3) is 0.548. The quantitative estimate of drug-likeness (QED) is 0.303. The molecule has 0 saturated heterocycles. The number of alkyl halides is 1. The Morgan fingerprint density at radius 2 is 1.22 bits per heavy atom. The largest absolute Gasteiger partial charge is 0.251 e. The first-order valence-corrected chi connectivity index (χ1v) is 13.7. The predicted molar refractivity (Wildman–Crippen MR) is 136 cm³/mol. The molecular weight excluding hydrogens is 486 g/mol. The maximum atomic E-state index is 15.2. The molecule has 6 heteroatoms. The van der Waals surface area contributed by atoms with Crippen molar-refractivity contribution < 1.29 is 26.3 Å². The topological polar surface area (TPSA) is 0 Å². The Kier molecular flexibility index (Phi) is 9.41. The van der Waals surface area contributed by atoms with Gasteiger partial charge in [0.05, 0.1) is 12.5 Å². The second-order valence-electron chi connectivity index (χ2n) is 10.8. The van der Waals surface area contributed by atoms with Crippen molar-refractivity contribution in [3.63, 3.8) is 0 Å². The molecule has 2 aliphatic carbocycles. The average molecular weight is 523 g/mol. The van der Waals surface area contributed by atoms with Crippen LogP contribution in [0.5, 0.6) is 0 Å². The Labute approximate surface area is 216 Å². The van der Waals surface area contributed by atoms with Crippen molar-refractivity contribution in [3.05, 3.63) is 70.6 Å². The maximum absolute atomic E-state index is 15.2. The van der Waals surface area contributed by atoms with Crippen LogP contribution in [0.1, 0.15) is 101 Å². The van der Waals surface area contributed by atoms with E-state index in [9.17, 15) is 8.78 Å². The fourth-order valence-corrected chi connectivity index (χ4v) is 6.37. The highest BCUT2D eigenvalue weighted by Crippen LogP contribution is 2.42. The zero-order chi connectivity index (χ0) is 26.5. The van der Waals surface area contributed by atoms with Crippen LogP contribution in [0.3, 0.4) is 0 Å². The molecule has 0 aliphatic heterocycles. The second kappa shape index (κ2) is 12.5. The lowest BCUT2D eigenvalue weighted by molar-refractivity contribution is 0.303. The number of rotatable bonds is 8. The lowest BCUT2D eigenvalue weighted by Gasteiger charge is -2.29. The van der Waals surface area contributed by atoms with Crippen LogP contribution in [-0.2, 0) is 0 Å². The summed E-state index contributed by atoms with van der Waals surface area (Å²) in [4.78, 5) is 0. The lowest BCUT2D eigenvalue weighted by atomic mass is 9.76. The lowest BCUT2D eigenvalue weighted by Crippen LogP contribution is -2.15. The van der Waals surface area contributed by atoms with E-state index in [1.165, 1.54) is 30.3 Å². The van der Waals surface area contributed by atoms with Gasteiger partial charge < -0.3 is 0 Å². The van der Waals surface area contributed by atoms with Crippen LogP contribution >= 0.6 is 0 Å². The summed E-state index contributed by atoms with van der Waals surface area (Å²) in [7, 11) is 0. The van der Waals surface area contributed by atoms with Crippen molar-refractivity contribution in [1.82, 2.24) is 0 Å². The van der Waals surface area contributed by atoms with E-state index in [0.29, 0.717) is 37.2 Å². The minimum atomic E-state index is -1.18. The molecule has 0 unspecified atom stereocenters. The molecule has 202 valence electrons. The van der Waals surface area contributed by atoms with Gasteiger partial charge in [0.2, 0.25) is 0 Å². The average Bonchev–Trinajstić information content (AvgIpc) is 2.89. The van der Waals surface area contributed by atoms with E-state index in [0.717, 1.165) is 38.5 Å². The molecule has 4 rings (SSSR count). The van der Waals surface area contributed by atoms with Crippen molar-refractivity contribution in [2.24, 2.45) is 11.8 Å². The van der Waals surface area contributed by atoms with Crippen molar-refractivity contribution in [1.29, 1.82) is 0 Å².